The Balaban J connectivity index is 2.02. The smallest absolute Gasteiger partial charge is 0.195 e. The fourth-order valence-electron chi connectivity index (χ4n) is 2.28. The van der Waals surface area contributed by atoms with E-state index in [1.165, 1.54) is 5.56 Å². The van der Waals surface area contributed by atoms with Crippen molar-refractivity contribution < 1.29 is 4.74 Å². The van der Waals surface area contributed by atoms with Gasteiger partial charge in [-0.3, -0.25) is 4.99 Å². The van der Waals surface area contributed by atoms with E-state index in [0.717, 1.165) is 36.8 Å². The summed E-state index contributed by atoms with van der Waals surface area (Å²) in [5.41, 5.74) is 9.21. The lowest BCUT2D eigenvalue weighted by Crippen LogP contribution is -2.34. The first-order valence-electron chi connectivity index (χ1n) is 5.84. The van der Waals surface area contributed by atoms with Gasteiger partial charge in [0.25, 0.3) is 0 Å². The number of fused-ring (bicyclic) bond motifs is 1. The number of aryl methyl sites for hydroxylation is 1. The number of rotatable bonds is 1. The second kappa shape index (κ2) is 3.84. The highest BCUT2D eigenvalue weighted by Gasteiger charge is 2.20. The summed E-state index contributed by atoms with van der Waals surface area (Å²) in [6.45, 7) is 5.26. The molecule has 1 aromatic carbocycles. The van der Waals surface area contributed by atoms with Gasteiger partial charge < -0.3 is 20.7 Å². The molecule has 5 nitrogen and oxygen atoms in total. The fraction of sp³-hybridized carbons (Fsp3) is 0.417. The molecule has 0 fully saturated rings. The van der Waals surface area contributed by atoms with E-state index in [1.807, 2.05) is 11.0 Å². The molecular weight excluding hydrogens is 216 g/mol. The van der Waals surface area contributed by atoms with Crippen LogP contribution >= 0.6 is 0 Å². The molecule has 0 spiro atoms. The Hall–Kier alpha value is -1.91. The molecule has 0 saturated carbocycles. The predicted molar refractivity (Wildman–Crippen MR) is 69.0 cm³/mol. The van der Waals surface area contributed by atoms with Crippen molar-refractivity contribution >= 4 is 17.3 Å². The Morgan fingerprint density at radius 3 is 3.12 bits per heavy atom. The molecule has 2 aliphatic rings. The van der Waals surface area contributed by atoms with Crippen LogP contribution in [0.15, 0.2) is 17.1 Å². The van der Waals surface area contributed by atoms with E-state index in [0.29, 0.717) is 12.6 Å². The first-order valence-corrected chi connectivity index (χ1v) is 5.84. The van der Waals surface area contributed by atoms with Gasteiger partial charge in [-0.1, -0.05) is 0 Å². The Morgan fingerprint density at radius 2 is 2.35 bits per heavy atom. The van der Waals surface area contributed by atoms with Gasteiger partial charge in [0.15, 0.2) is 5.96 Å². The summed E-state index contributed by atoms with van der Waals surface area (Å²) in [5.74, 6) is 1.49. The maximum absolute atomic E-state index is 5.88. The van der Waals surface area contributed by atoms with Gasteiger partial charge in [-0.2, -0.15) is 0 Å². The zero-order valence-electron chi connectivity index (χ0n) is 9.86. The second-order valence-electron chi connectivity index (χ2n) is 4.30. The van der Waals surface area contributed by atoms with E-state index >= 15 is 0 Å². The molecule has 0 amide bonds. The normalized spacial score (nSPS) is 18.2. The summed E-state index contributed by atoms with van der Waals surface area (Å²) in [5, 5.41) is 3.33. The SMILES string of the molecule is Cc1cc2c(cc1N1CCN=C1N)OCCN2. The number of nitrogens with one attached hydrogen (secondary N) is 1. The van der Waals surface area contributed by atoms with Crippen LogP contribution in [0, 0.1) is 6.92 Å². The molecule has 2 aliphatic heterocycles. The molecule has 90 valence electrons. The van der Waals surface area contributed by atoms with E-state index in [4.69, 9.17) is 10.5 Å². The largest absolute Gasteiger partial charge is 0.490 e. The van der Waals surface area contributed by atoms with Crippen LogP contribution in [0.3, 0.4) is 0 Å². The average molecular weight is 232 g/mol. The summed E-state index contributed by atoms with van der Waals surface area (Å²) >= 11 is 0. The Kier molecular flexibility index (Phi) is 2.31. The van der Waals surface area contributed by atoms with Crippen LogP contribution in [0.2, 0.25) is 0 Å². The van der Waals surface area contributed by atoms with Crippen LogP contribution < -0.4 is 20.7 Å². The fourth-order valence-corrected chi connectivity index (χ4v) is 2.28. The Bertz CT molecular complexity index is 484. The number of hydrogen-bond donors (Lipinski definition) is 2. The number of hydrogen-bond acceptors (Lipinski definition) is 5. The first-order chi connectivity index (χ1) is 8.25. The highest BCUT2D eigenvalue weighted by atomic mass is 16.5. The maximum Gasteiger partial charge on any atom is 0.195 e. The third-order valence-corrected chi connectivity index (χ3v) is 3.14. The second-order valence-corrected chi connectivity index (χ2v) is 4.30. The third kappa shape index (κ3) is 1.67. The van der Waals surface area contributed by atoms with Crippen LogP contribution in [0.4, 0.5) is 11.4 Å². The van der Waals surface area contributed by atoms with E-state index in [9.17, 15) is 0 Å². The zero-order chi connectivity index (χ0) is 11.8. The maximum atomic E-state index is 5.88. The number of benzene rings is 1. The van der Waals surface area contributed by atoms with E-state index < -0.39 is 0 Å². The monoisotopic (exact) mass is 232 g/mol. The molecule has 0 saturated heterocycles. The lowest BCUT2D eigenvalue weighted by atomic mass is 10.1. The molecule has 3 rings (SSSR count). The molecule has 0 radical (unpaired) electrons. The van der Waals surface area contributed by atoms with Gasteiger partial charge in [0.1, 0.15) is 12.4 Å². The van der Waals surface area contributed by atoms with Crippen LogP contribution in [0.1, 0.15) is 5.56 Å². The van der Waals surface area contributed by atoms with Crippen LogP contribution in [-0.4, -0.2) is 32.2 Å². The number of ether oxygens (including phenoxy) is 1. The van der Waals surface area contributed by atoms with Crippen LogP contribution in [-0.2, 0) is 0 Å². The van der Waals surface area contributed by atoms with Crippen molar-refractivity contribution in [2.75, 3.05) is 36.5 Å². The molecule has 17 heavy (non-hydrogen) atoms. The van der Waals surface area contributed by atoms with Gasteiger partial charge in [0.05, 0.1) is 17.9 Å². The number of nitrogens with two attached hydrogens (primary N) is 1. The standard InChI is InChI=1S/C12H16N4O/c1-8-6-9-11(17-5-3-14-9)7-10(8)16-4-2-15-12(16)13/h6-7,14H,2-5H2,1H3,(H2,13,15). The first kappa shape index (κ1) is 10.3. The quantitative estimate of drug-likeness (QED) is 0.756. The van der Waals surface area contributed by atoms with E-state index in [-0.39, 0.29) is 0 Å². The highest BCUT2D eigenvalue weighted by Crippen LogP contribution is 2.35. The van der Waals surface area contributed by atoms with Crippen LogP contribution in [0.5, 0.6) is 5.75 Å². The molecule has 0 aromatic heterocycles. The summed E-state index contributed by atoms with van der Waals surface area (Å²) in [6, 6.07) is 4.15. The molecular formula is C12H16N4O. The molecule has 0 aliphatic carbocycles. The lowest BCUT2D eigenvalue weighted by Gasteiger charge is -2.25. The molecule has 3 N–H and O–H groups in total. The number of anilines is 2. The molecule has 0 atom stereocenters. The predicted octanol–water partition coefficient (Wildman–Crippen LogP) is 0.934. The summed E-state index contributed by atoms with van der Waals surface area (Å²) in [4.78, 5) is 6.25. The van der Waals surface area contributed by atoms with Crippen molar-refractivity contribution in [2.45, 2.75) is 6.92 Å². The van der Waals surface area contributed by atoms with E-state index in [2.05, 4.69) is 23.3 Å². The molecule has 0 bridgehead atoms. The van der Waals surface area contributed by atoms with E-state index in [1.54, 1.807) is 0 Å². The number of guanidine groups is 1. The average Bonchev–Trinajstić information content (AvgIpc) is 2.74. The molecule has 2 heterocycles. The minimum absolute atomic E-state index is 0.594. The van der Waals surface area contributed by atoms with Crippen molar-refractivity contribution in [3.05, 3.63) is 17.7 Å². The lowest BCUT2D eigenvalue weighted by molar-refractivity contribution is 0.323. The van der Waals surface area contributed by atoms with Gasteiger partial charge in [-0.15, -0.1) is 0 Å². The zero-order valence-corrected chi connectivity index (χ0v) is 9.86. The topological polar surface area (TPSA) is 62.9 Å². The number of aliphatic imine (C=N–C) groups is 1. The van der Waals surface area contributed by atoms with Gasteiger partial charge in [-0.25, -0.2) is 0 Å². The van der Waals surface area contributed by atoms with Gasteiger partial charge in [0.2, 0.25) is 0 Å². The van der Waals surface area contributed by atoms with Crippen molar-refractivity contribution in [3.8, 4) is 5.75 Å². The molecule has 1 aromatic rings. The Morgan fingerprint density at radius 1 is 1.47 bits per heavy atom. The highest BCUT2D eigenvalue weighted by molar-refractivity contribution is 5.97. The summed E-state index contributed by atoms with van der Waals surface area (Å²) in [6.07, 6.45) is 0. The van der Waals surface area contributed by atoms with Gasteiger partial charge in [-0.05, 0) is 18.6 Å². The van der Waals surface area contributed by atoms with Crippen molar-refractivity contribution in [1.29, 1.82) is 0 Å². The third-order valence-electron chi connectivity index (χ3n) is 3.14. The summed E-state index contributed by atoms with van der Waals surface area (Å²) < 4.78 is 5.64. The Labute approximate surface area is 100 Å². The minimum Gasteiger partial charge on any atom is -0.490 e. The molecule has 5 heteroatoms. The number of nitrogens with zero attached hydrogens (tertiary/aromatic N) is 2. The molecule has 0 unspecified atom stereocenters. The van der Waals surface area contributed by atoms with Crippen molar-refractivity contribution in [2.24, 2.45) is 10.7 Å². The minimum atomic E-state index is 0.594. The van der Waals surface area contributed by atoms with Crippen LogP contribution in [0.25, 0.3) is 0 Å². The van der Waals surface area contributed by atoms with Crippen molar-refractivity contribution in [3.63, 3.8) is 0 Å². The van der Waals surface area contributed by atoms with Gasteiger partial charge in [0, 0.05) is 19.2 Å². The summed E-state index contributed by atoms with van der Waals surface area (Å²) in [7, 11) is 0. The van der Waals surface area contributed by atoms with Gasteiger partial charge >= 0.3 is 0 Å². The van der Waals surface area contributed by atoms with Crippen molar-refractivity contribution in [1.82, 2.24) is 0 Å².